The lowest BCUT2D eigenvalue weighted by Crippen LogP contribution is -2.00. The van der Waals surface area contributed by atoms with Crippen molar-refractivity contribution < 1.29 is 9.47 Å². The third-order valence-corrected chi connectivity index (χ3v) is 3.27. The highest BCUT2D eigenvalue weighted by Gasteiger charge is 2.06. The van der Waals surface area contributed by atoms with E-state index in [0.717, 1.165) is 27.1 Å². The molecular weight excluding hydrogens is 306 g/mol. The Morgan fingerprint density at radius 1 is 1.16 bits per heavy atom. The summed E-state index contributed by atoms with van der Waals surface area (Å²) in [6.45, 7) is 2.46. The first kappa shape index (κ1) is 13.7. The van der Waals surface area contributed by atoms with Crippen molar-refractivity contribution in [3.05, 3.63) is 52.0 Å². The lowest BCUT2D eigenvalue weighted by atomic mass is 10.2. The van der Waals surface area contributed by atoms with Crippen LogP contribution in [0.25, 0.3) is 0 Å². The summed E-state index contributed by atoms with van der Waals surface area (Å²) in [5.41, 5.74) is 8.68. The second-order valence-corrected chi connectivity index (χ2v) is 5.19. The Balaban J connectivity index is 2.10. The minimum atomic E-state index is 0.483. The van der Waals surface area contributed by atoms with E-state index in [1.165, 1.54) is 0 Å². The molecule has 0 atom stereocenters. The van der Waals surface area contributed by atoms with Crippen molar-refractivity contribution in [2.75, 3.05) is 12.8 Å². The average Bonchev–Trinajstić information content (AvgIpc) is 2.38. The van der Waals surface area contributed by atoms with Gasteiger partial charge in [0.05, 0.1) is 12.8 Å². The zero-order chi connectivity index (χ0) is 13.8. The third-order valence-electron chi connectivity index (χ3n) is 2.81. The standard InChI is InChI=1S/C15H16BrNO2/c1-10-7-12(16)8-14(17)15(10)19-9-11-3-5-13(18-2)6-4-11/h3-8H,9,17H2,1-2H3. The monoisotopic (exact) mass is 321 g/mol. The summed E-state index contributed by atoms with van der Waals surface area (Å²) in [5.74, 6) is 1.57. The van der Waals surface area contributed by atoms with Gasteiger partial charge in [-0.2, -0.15) is 0 Å². The molecule has 0 heterocycles. The van der Waals surface area contributed by atoms with Crippen molar-refractivity contribution in [3.63, 3.8) is 0 Å². The van der Waals surface area contributed by atoms with Gasteiger partial charge in [0.15, 0.2) is 0 Å². The van der Waals surface area contributed by atoms with Crippen molar-refractivity contribution >= 4 is 21.6 Å². The summed E-state index contributed by atoms with van der Waals surface area (Å²) in [5, 5.41) is 0. The number of hydrogen-bond donors (Lipinski definition) is 1. The Morgan fingerprint density at radius 2 is 1.84 bits per heavy atom. The molecule has 0 radical (unpaired) electrons. The number of rotatable bonds is 4. The molecule has 4 heteroatoms. The number of hydrogen-bond acceptors (Lipinski definition) is 3. The van der Waals surface area contributed by atoms with Crippen LogP contribution in [0.4, 0.5) is 5.69 Å². The summed E-state index contributed by atoms with van der Waals surface area (Å²) >= 11 is 3.41. The second-order valence-electron chi connectivity index (χ2n) is 4.28. The molecule has 0 aromatic heterocycles. The zero-order valence-electron chi connectivity index (χ0n) is 10.9. The molecule has 0 fully saturated rings. The molecule has 0 amide bonds. The predicted octanol–water partition coefficient (Wildman–Crippen LogP) is 3.93. The topological polar surface area (TPSA) is 44.5 Å². The first-order valence-electron chi connectivity index (χ1n) is 5.91. The minimum Gasteiger partial charge on any atom is -0.497 e. The number of anilines is 1. The molecule has 0 aliphatic rings. The maximum absolute atomic E-state index is 5.96. The van der Waals surface area contributed by atoms with Crippen LogP contribution in [0.3, 0.4) is 0 Å². The van der Waals surface area contributed by atoms with Crippen molar-refractivity contribution in [1.82, 2.24) is 0 Å². The van der Waals surface area contributed by atoms with Crippen LogP contribution in [-0.2, 0) is 6.61 Å². The van der Waals surface area contributed by atoms with E-state index in [2.05, 4.69) is 15.9 Å². The SMILES string of the molecule is COc1ccc(COc2c(C)cc(Br)cc2N)cc1. The van der Waals surface area contributed by atoms with Gasteiger partial charge in [0.2, 0.25) is 0 Å². The normalized spacial score (nSPS) is 10.3. The molecule has 3 nitrogen and oxygen atoms in total. The van der Waals surface area contributed by atoms with E-state index in [9.17, 15) is 0 Å². The number of methoxy groups -OCH3 is 1. The number of benzene rings is 2. The number of nitrogens with two attached hydrogens (primary N) is 1. The van der Waals surface area contributed by atoms with Gasteiger partial charge in [-0.3, -0.25) is 0 Å². The third kappa shape index (κ3) is 3.41. The summed E-state index contributed by atoms with van der Waals surface area (Å²) in [4.78, 5) is 0. The maximum Gasteiger partial charge on any atom is 0.145 e. The summed E-state index contributed by atoms with van der Waals surface area (Å²) in [6, 6.07) is 11.6. The van der Waals surface area contributed by atoms with E-state index in [-0.39, 0.29) is 0 Å². The van der Waals surface area contributed by atoms with E-state index in [1.54, 1.807) is 7.11 Å². The van der Waals surface area contributed by atoms with Crippen LogP contribution in [0, 0.1) is 6.92 Å². The molecule has 2 aromatic carbocycles. The van der Waals surface area contributed by atoms with E-state index >= 15 is 0 Å². The van der Waals surface area contributed by atoms with Gasteiger partial charge in [-0.25, -0.2) is 0 Å². The summed E-state index contributed by atoms with van der Waals surface area (Å²) in [6.07, 6.45) is 0. The smallest absolute Gasteiger partial charge is 0.145 e. The fourth-order valence-corrected chi connectivity index (χ4v) is 2.42. The Bertz CT molecular complexity index is 544. The van der Waals surface area contributed by atoms with Gasteiger partial charge in [0, 0.05) is 4.47 Å². The van der Waals surface area contributed by atoms with Gasteiger partial charge in [-0.15, -0.1) is 0 Å². The fraction of sp³-hybridized carbons (Fsp3) is 0.200. The van der Waals surface area contributed by atoms with Crippen LogP contribution in [0.5, 0.6) is 11.5 Å². The Kier molecular flexibility index (Phi) is 4.32. The quantitative estimate of drug-likeness (QED) is 0.868. The molecular formula is C15H16BrNO2. The molecule has 2 rings (SSSR count). The molecule has 0 aliphatic carbocycles. The number of ether oxygens (including phenoxy) is 2. The number of halogens is 1. The lowest BCUT2D eigenvalue weighted by molar-refractivity contribution is 0.305. The Morgan fingerprint density at radius 3 is 2.42 bits per heavy atom. The average molecular weight is 322 g/mol. The lowest BCUT2D eigenvalue weighted by Gasteiger charge is -2.12. The first-order chi connectivity index (χ1) is 9.10. The molecule has 0 saturated carbocycles. The molecule has 19 heavy (non-hydrogen) atoms. The first-order valence-corrected chi connectivity index (χ1v) is 6.71. The Hall–Kier alpha value is -1.68. The molecule has 0 spiro atoms. The van der Waals surface area contributed by atoms with Gasteiger partial charge < -0.3 is 15.2 Å². The van der Waals surface area contributed by atoms with Gasteiger partial charge >= 0.3 is 0 Å². The minimum absolute atomic E-state index is 0.483. The van der Waals surface area contributed by atoms with Gasteiger partial charge in [0.1, 0.15) is 18.1 Å². The molecule has 0 aliphatic heterocycles. The highest BCUT2D eigenvalue weighted by atomic mass is 79.9. The molecule has 100 valence electrons. The fourth-order valence-electron chi connectivity index (χ4n) is 1.83. The van der Waals surface area contributed by atoms with Gasteiger partial charge in [-0.1, -0.05) is 28.1 Å². The van der Waals surface area contributed by atoms with E-state index in [0.29, 0.717) is 12.3 Å². The van der Waals surface area contributed by atoms with Crippen LogP contribution in [0.15, 0.2) is 40.9 Å². The van der Waals surface area contributed by atoms with Crippen LogP contribution < -0.4 is 15.2 Å². The summed E-state index contributed by atoms with van der Waals surface area (Å²) < 4.78 is 11.9. The Labute approximate surface area is 121 Å². The van der Waals surface area contributed by atoms with Crippen LogP contribution in [-0.4, -0.2) is 7.11 Å². The molecule has 0 saturated heterocycles. The van der Waals surface area contributed by atoms with Crippen molar-refractivity contribution in [3.8, 4) is 11.5 Å². The van der Waals surface area contributed by atoms with Gasteiger partial charge in [-0.05, 0) is 42.3 Å². The highest BCUT2D eigenvalue weighted by Crippen LogP contribution is 2.30. The summed E-state index contributed by atoms with van der Waals surface area (Å²) in [7, 11) is 1.65. The van der Waals surface area contributed by atoms with Gasteiger partial charge in [0.25, 0.3) is 0 Å². The highest BCUT2D eigenvalue weighted by molar-refractivity contribution is 9.10. The van der Waals surface area contributed by atoms with E-state index in [4.69, 9.17) is 15.2 Å². The van der Waals surface area contributed by atoms with E-state index < -0.39 is 0 Å². The van der Waals surface area contributed by atoms with Crippen molar-refractivity contribution in [2.45, 2.75) is 13.5 Å². The molecule has 2 aromatic rings. The molecule has 2 N–H and O–H groups in total. The molecule has 0 unspecified atom stereocenters. The van der Waals surface area contributed by atoms with Crippen LogP contribution in [0.2, 0.25) is 0 Å². The predicted molar refractivity (Wildman–Crippen MR) is 80.6 cm³/mol. The van der Waals surface area contributed by atoms with Crippen LogP contribution >= 0.6 is 15.9 Å². The number of nitrogen functional groups attached to an aromatic ring is 1. The van der Waals surface area contributed by atoms with E-state index in [1.807, 2.05) is 43.3 Å². The van der Waals surface area contributed by atoms with Crippen molar-refractivity contribution in [1.29, 1.82) is 0 Å². The largest absolute Gasteiger partial charge is 0.497 e. The number of aryl methyl sites for hydroxylation is 1. The zero-order valence-corrected chi connectivity index (χ0v) is 12.5. The van der Waals surface area contributed by atoms with Crippen LogP contribution in [0.1, 0.15) is 11.1 Å². The molecule has 0 bridgehead atoms. The maximum atomic E-state index is 5.96. The van der Waals surface area contributed by atoms with Crippen molar-refractivity contribution in [2.24, 2.45) is 0 Å². The second kappa shape index (κ2) is 5.97.